The third-order valence-corrected chi connectivity index (χ3v) is 9.78. The zero-order valence-corrected chi connectivity index (χ0v) is 22.3. The highest BCUT2D eigenvalue weighted by atomic mass is 19.4. The highest BCUT2D eigenvalue weighted by Crippen LogP contribution is 2.46. The van der Waals surface area contributed by atoms with Gasteiger partial charge in [0.15, 0.2) is 0 Å². The standard InChI is InChI=1S/C31H38F3N3O2/c32-31(33,34)39-28-13-7-12-25-24(28)17-35-19-30(25)20-36-18-26(30)29(38)37-15-14-23(21-8-3-1-4-9-21)16-27(37)22-10-5-2-6-11-22/h1,3-4,7-9,12-13,22-23,26-27,35-36H,2,5-6,10-11,14-20H2. The Morgan fingerprint density at radius 1 is 0.949 bits per heavy atom. The van der Waals surface area contributed by atoms with Crippen LogP contribution >= 0.6 is 0 Å². The second kappa shape index (κ2) is 10.8. The normalized spacial score (nSPS) is 29.8. The van der Waals surface area contributed by atoms with Crippen LogP contribution in [-0.2, 0) is 16.8 Å². The summed E-state index contributed by atoms with van der Waals surface area (Å²) in [5.41, 5.74) is 2.06. The molecule has 1 spiro atoms. The van der Waals surface area contributed by atoms with E-state index in [1.807, 2.05) is 6.07 Å². The maximum atomic E-state index is 14.5. The van der Waals surface area contributed by atoms with Crippen LogP contribution < -0.4 is 15.4 Å². The van der Waals surface area contributed by atoms with Gasteiger partial charge in [-0.1, -0.05) is 61.7 Å². The molecule has 2 aromatic carbocycles. The number of benzene rings is 2. The van der Waals surface area contributed by atoms with Gasteiger partial charge in [-0.2, -0.15) is 0 Å². The van der Waals surface area contributed by atoms with Gasteiger partial charge in [0.2, 0.25) is 5.91 Å². The summed E-state index contributed by atoms with van der Waals surface area (Å²) in [7, 11) is 0. The molecule has 0 bridgehead atoms. The van der Waals surface area contributed by atoms with E-state index in [0.717, 1.165) is 37.8 Å². The average Bonchev–Trinajstić information content (AvgIpc) is 3.37. The van der Waals surface area contributed by atoms with Crippen LogP contribution in [0.25, 0.3) is 0 Å². The molecule has 6 rings (SSSR count). The predicted molar refractivity (Wildman–Crippen MR) is 143 cm³/mol. The summed E-state index contributed by atoms with van der Waals surface area (Å²) in [4.78, 5) is 16.7. The van der Waals surface area contributed by atoms with Gasteiger partial charge in [0, 0.05) is 49.7 Å². The lowest BCUT2D eigenvalue weighted by Crippen LogP contribution is -2.57. The number of carbonyl (C=O) groups excluding carboxylic acids is 1. The van der Waals surface area contributed by atoms with Gasteiger partial charge < -0.3 is 20.3 Å². The maximum absolute atomic E-state index is 14.5. The van der Waals surface area contributed by atoms with E-state index in [9.17, 15) is 18.0 Å². The quantitative estimate of drug-likeness (QED) is 0.537. The van der Waals surface area contributed by atoms with E-state index >= 15 is 0 Å². The molecule has 4 aliphatic rings. The van der Waals surface area contributed by atoms with Crippen molar-refractivity contribution in [1.29, 1.82) is 0 Å². The summed E-state index contributed by atoms with van der Waals surface area (Å²) >= 11 is 0. The number of nitrogens with zero attached hydrogens (tertiary/aromatic N) is 1. The number of amides is 1. The van der Waals surface area contributed by atoms with Crippen molar-refractivity contribution in [3.63, 3.8) is 0 Å². The van der Waals surface area contributed by atoms with Gasteiger partial charge in [0.05, 0.1) is 5.92 Å². The summed E-state index contributed by atoms with van der Waals surface area (Å²) in [5.74, 6) is 0.580. The van der Waals surface area contributed by atoms with Crippen molar-refractivity contribution >= 4 is 5.91 Å². The molecular formula is C31H38F3N3O2. The number of likely N-dealkylation sites (tertiary alicyclic amines) is 1. The number of ether oxygens (including phenoxy) is 1. The predicted octanol–water partition coefficient (Wildman–Crippen LogP) is 5.50. The minimum absolute atomic E-state index is 0.152. The summed E-state index contributed by atoms with van der Waals surface area (Å²) in [6.07, 6.45) is 3.16. The number of rotatable bonds is 4. The Bertz CT molecular complexity index is 1170. The van der Waals surface area contributed by atoms with Crippen molar-refractivity contribution in [1.82, 2.24) is 15.5 Å². The Morgan fingerprint density at radius 3 is 2.49 bits per heavy atom. The van der Waals surface area contributed by atoms with E-state index in [-0.39, 0.29) is 30.2 Å². The number of hydrogen-bond donors (Lipinski definition) is 2. The van der Waals surface area contributed by atoms with Gasteiger partial charge in [0.25, 0.3) is 0 Å². The van der Waals surface area contributed by atoms with Crippen LogP contribution in [0.1, 0.15) is 67.6 Å². The smallest absolute Gasteiger partial charge is 0.405 e. The van der Waals surface area contributed by atoms with Crippen molar-refractivity contribution < 1.29 is 22.7 Å². The fourth-order valence-corrected chi connectivity index (χ4v) is 7.96. The molecule has 3 heterocycles. The Morgan fingerprint density at radius 2 is 1.72 bits per heavy atom. The number of fused-ring (bicyclic) bond motifs is 2. The Labute approximate surface area is 228 Å². The maximum Gasteiger partial charge on any atom is 0.573 e. The van der Waals surface area contributed by atoms with Crippen LogP contribution in [-0.4, -0.2) is 49.4 Å². The van der Waals surface area contributed by atoms with Crippen molar-refractivity contribution in [2.24, 2.45) is 11.8 Å². The Balaban J connectivity index is 1.31. The highest BCUT2D eigenvalue weighted by Gasteiger charge is 2.53. The SMILES string of the molecule is O=C(C1CNCC12CNCc1c(OC(F)(F)F)cccc12)N1CCC(c2ccccc2)CC1C1CCCCC1. The van der Waals surface area contributed by atoms with Crippen LogP contribution in [0.3, 0.4) is 0 Å². The highest BCUT2D eigenvalue weighted by molar-refractivity contribution is 5.82. The largest absolute Gasteiger partial charge is 0.573 e. The number of hydrogen-bond acceptors (Lipinski definition) is 4. The third-order valence-electron chi connectivity index (χ3n) is 9.78. The van der Waals surface area contributed by atoms with Crippen molar-refractivity contribution in [3.05, 3.63) is 65.2 Å². The van der Waals surface area contributed by atoms with E-state index in [1.165, 1.54) is 30.9 Å². The molecule has 2 saturated heterocycles. The molecule has 1 amide bonds. The van der Waals surface area contributed by atoms with Crippen LogP contribution in [0.2, 0.25) is 0 Å². The molecule has 5 nitrogen and oxygen atoms in total. The summed E-state index contributed by atoms with van der Waals surface area (Å²) in [5, 5.41) is 6.77. The van der Waals surface area contributed by atoms with E-state index in [4.69, 9.17) is 0 Å². The number of alkyl halides is 3. The van der Waals surface area contributed by atoms with Crippen LogP contribution in [0.5, 0.6) is 5.75 Å². The summed E-state index contributed by atoms with van der Waals surface area (Å²) in [6.45, 7) is 2.64. The first kappa shape index (κ1) is 26.6. The molecule has 3 aliphatic heterocycles. The van der Waals surface area contributed by atoms with Crippen LogP contribution in [0, 0.1) is 11.8 Å². The van der Waals surface area contributed by atoms with Crippen molar-refractivity contribution in [2.75, 3.05) is 26.2 Å². The summed E-state index contributed by atoms with van der Waals surface area (Å²) in [6, 6.07) is 15.8. The van der Waals surface area contributed by atoms with Gasteiger partial charge >= 0.3 is 6.36 Å². The Kier molecular flexibility index (Phi) is 7.35. The molecule has 2 N–H and O–H groups in total. The molecule has 3 fully saturated rings. The van der Waals surface area contributed by atoms with Crippen LogP contribution in [0.15, 0.2) is 48.5 Å². The second-order valence-corrected chi connectivity index (χ2v) is 11.9. The minimum atomic E-state index is -4.76. The van der Waals surface area contributed by atoms with Gasteiger partial charge in [-0.25, -0.2) is 0 Å². The monoisotopic (exact) mass is 541 g/mol. The second-order valence-electron chi connectivity index (χ2n) is 11.9. The Hall–Kier alpha value is -2.58. The number of halogens is 3. The fourth-order valence-electron chi connectivity index (χ4n) is 7.96. The lowest BCUT2D eigenvalue weighted by molar-refractivity contribution is -0.275. The fraction of sp³-hybridized carbons (Fsp3) is 0.581. The molecule has 4 unspecified atom stereocenters. The topological polar surface area (TPSA) is 53.6 Å². The lowest BCUT2D eigenvalue weighted by atomic mass is 9.67. The minimum Gasteiger partial charge on any atom is -0.405 e. The first-order valence-corrected chi connectivity index (χ1v) is 14.5. The zero-order valence-electron chi connectivity index (χ0n) is 22.3. The lowest BCUT2D eigenvalue weighted by Gasteiger charge is -2.48. The summed E-state index contributed by atoms with van der Waals surface area (Å²) < 4.78 is 44.0. The molecule has 2 aromatic rings. The number of piperidine rings is 1. The average molecular weight is 542 g/mol. The van der Waals surface area contributed by atoms with Gasteiger partial charge in [-0.3, -0.25) is 4.79 Å². The first-order valence-electron chi connectivity index (χ1n) is 14.5. The van der Waals surface area contributed by atoms with E-state index in [0.29, 0.717) is 37.0 Å². The molecule has 210 valence electrons. The van der Waals surface area contributed by atoms with Crippen molar-refractivity contribution in [3.8, 4) is 5.75 Å². The van der Waals surface area contributed by atoms with Gasteiger partial charge in [0.1, 0.15) is 5.75 Å². The molecular weight excluding hydrogens is 503 g/mol. The molecule has 0 radical (unpaired) electrons. The first-order chi connectivity index (χ1) is 18.9. The molecule has 1 saturated carbocycles. The molecule has 4 atom stereocenters. The van der Waals surface area contributed by atoms with E-state index in [2.05, 4.69) is 50.6 Å². The van der Waals surface area contributed by atoms with Crippen molar-refractivity contribution in [2.45, 2.75) is 75.2 Å². The number of nitrogens with one attached hydrogen (secondary N) is 2. The third kappa shape index (κ3) is 5.18. The number of carbonyl (C=O) groups is 1. The van der Waals surface area contributed by atoms with E-state index < -0.39 is 11.8 Å². The van der Waals surface area contributed by atoms with Gasteiger partial charge in [-0.15, -0.1) is 13.2 Å². The molecule has 0 aromatic heterocycles. The molecule has 1 aliphatic carbocycles. The molecule has 8 heteroatoms. The van der Waals surface area contributed by atoms with Gasteiger partial charge in [-0.05, 0) is 54.7 Å². The zero-order chi connectivity index (χ0) is 27.0. The van der Waals surface area contributed by atoms with E-state index in [1.54, 1.807) is 6.07 Å². The molecule has 39 heavy (non-hydrogen) atoms. The van der Waals surface area contributed by atoms with Crippen LogP contribution in [0.4, 0.5) is 13.2 Å².